The summed E-state index contributed by atoms with van der Waals surface area (Å²) in [7, 11) is 0. The van der Waals surface area contributed by atoms with Gasteiger partial charge in [-0.2, -0.15) is 4.98 Å². The van der Waals surface area contributed by atoms with Gasteiger partial charge < -0.3 is 11.1 Å². The van der Waals surface area contributed by atoms with Gasteiger partial charge in [0.25, 0.3) is 0 Å². The number of aromatic amines is 1. The lowest BCUT2D eigenvalue weighted by Gasteiger charge is -2.11. The molecule has 2 aromatic rings. The number of carbonyl (C=O) groups excluding carboxylic acids is 1. The molecule has 2 heterocycles. The van der Waals surface area contributed by atoms with Crippen molar-refractivity contribution in [1.29, 1.82) is 0 Å². The molecular formula is C10H13N5OS2. The van der Waals surface area contributed by atoms with Crippen molar-refractivity contribution in [2.75, 3.05) is 11.5 Å². The van der Waals surface area contributed by atoms with E-state index in [4.69, 9.17) is 5.73 Å². The maximum absolute atomic E-state index is 11.7. The Morgan fingerprint density at radius 1 is 1.72 bits per heavy atom. The van der Waals surface area contributed by atoms with E-state index in [1.165, 1.54) is 11.8 Å². The van der Waals surface area contributed by atoms with E-state index in [0.717, 1.165) is 4.88 Å². The van der Waals surface area contributed by atoms with Gasteiger partial charge in [-0.05, 0) is 18.4 Å². The molecule has 0 aliphatic heterocycles. The number of aromatic nitrogens is 3. The molecule has 2 aromatic heterocycles. The number of thioether (sulfide) groups is 1. The molecule has 0 unspecified atom stereocenters. The molecule has 0 saturated heterocycles. The summed E-state index contributed by atoms with van der Waals surface area (Å²) >= 11 is 2.87. The first kappa shape index (κ1) is 12.9. The number of nitrogens with two attached hydrogens (primary N) is 1. The van der Waals surface area contributed by atoms with E-state index in [-0.39, 0.29) is 23.7 Å². The largest absolute Gasteiger partial charge is 0.368 e. The fourth-order valence-electron chi connectivity index (χ4n) is 1.34. The lowest BCUT2D eigenvalue weighted by molar-refractivity contribution is -0.119. The van der Waals surface area contributed by atoms with Crippen molar-refractivity contribution in [3.8, 4) is 0 Å². The molecule has 0 aliphatic rings. The Balaban J connectivity index is 1.78. The highest BCUT2D eigenvalue weighted by Gasteiger charge is 2.11. The van der Waals surface area contributed by atoms with Gasteiger partial charge >= 0.3 is 0 Å². The number of anilines is 1. The summed E-state index contributed by atoms with van der Waals surface area (Å²) in [6.07, 6.45) is 0. The van der Waals surface area contributed by atoms with E-state index in [1.807, 2.05) is 24.4 Å². The SMILES string of the molecule is C[C@H](NC(=O)CSc1n[nH]c(N)n1)c1cccs1. The third-order valence-electron chi connectivity index (χ3n) is 2.16. The van der Waals surface area contributed by atoms with Crippen LogP contribution >= 0.6 is 23.1 Å². The smallest absolute Gasteiger partial charge is 0.230 e. The number of H-pyrrole nitrogens is 1. The molecule has 0 radical (unpaired) electrons. The number of carbonyl (C=O) groups is 1. The zero-order chi connectivity index (χ0) is 13.0. The second kappa shape index (κ2) is 5.87. The summed E-state index contributed by atoms with van der Waals surface area (Å²) in [6, 6.07) is 3.99. The average Bonchev–Trinajstić information content (AvgIpc) is 2.97. The summed E-state index contributed by atoms with van der Waals surface area (Å²) in [5, 5.41) is 11.7. The molecule has 8 heteroatoms. The van der Waals surface area contributed by atoms with Crippen LogP contribution in [0.2, 0.25) is 0 Å². The topological polar surface area (TPSA) is 96.7 Å². The van der Waals surface area contributed by atoms with Crippen LogP contribution in [0.3, 0.4) is 0 Å². The Kier molecular flexibility index (Phi) is 4.21. The Labute approximate surface area is 112 Å². The number of nitrogen functional groups attached to an aromatic ring is 1. The summed E-state index contributed by atoms with van der Waals surface area (Å²) in [5.41, 5.74) is 5.39. The highest BCUT2D eigenvalue weighted by Crippen LogP contribution is 2.18. The van der Waals surface area contributed by atoms with Crippen molar-refractivity contribution in [3.63, 3.8) is 0 Å². The fraction of sp³-hybridized carbons (Fsp3) is 0.300. The van der Waals surface area contributed by atoms with Gasteiger partial charge in [-0.15, -0.1) is 16.4 Å². The highest BCUT2D eigenvalue weighted by atomic mass is 32.2. The standard InChI is InChI=1S/C10H13N5OS2/c1-6(7-3-2-4-17-7)12-8(16)5-18-10-13-9(11)14-15-10/h2-4,6H,5H2,1H3,(H,12,16)(H3,11,13,14,15)/t6-/m0/s1. The van der Waals surface area contributed by atoms with Crippen LogP contribution in [0, 0.1) is 0 Å². The molecule has 2 rings (SSSR count). The zero-order valence-electron chi connectivity index (χ0n) is 9.71. The van der Waals surface area contributed by atoms with E-state index in [9.17, 15) is 4.79 Å². The van der Waals surface area contributed by atoms with E-state index in [2.05, 4.69) is 20.5 Å². The van der Waals surface area contributed by atoms with Crippen molar-refractivity contribution >= 4 is 35.0 Å². The van der Waals surface area contributed by atoms with Gasteiger partial charge in [-0.3, -0.25) is 4.79 Å². The minimum Gasteiger partial charge on any atom is -0.368 e. The molecule has 1 atom stereocenters. The summed E-state index contributed by atoms with van der Waals surface area (Å²) in [4.78, 5) is 16.7. The lowest BCUT2D eigenvalue weighted by atomic mass is 10.3. The van der Waals surface area contributed by atoms with Crippen LogP contribution in [-0.2, 0) is 4.79 Å². The first-order valence-corrected chi connectivity index (χ1v) is 7.15. The molecule has 0 bridgehead atoms. The van der Waals surface area contributed by atoms with Crippen LogP contribution in [0.5, 0.6) is 0 Å². The average molecular weight is 283 g/mol. The summed E-state index contributed by atoms with van der Waals surface area (Å²) < 4.78 is 0. The third-order valence-corrected chi connectivity index (χ3v) is 4.06. The molecule has 0 saturated carbocycles. The van der Waals surface area contributed by atoms with Crippen LogP contribution < -0.4 is 11.1 Å². The van der Waals surface area contributed by atoms with Crippen LogP contribution in [0.25, 0.3) is 0 Å². The molecule has 4 N–H and O–H groups in total. The fourth-order valence-corrected chi connectivity index (χ4v) is 2.70. The van der Waals surface area contributed by atoms with Crippen LogP contribution in [-0.4, -0.2) is 26.8 Å². The van der Waals surface area contributed by atoms with Crippen molar-refractivity contribution in [2.45, 2.75) is 18.1 Å². The maximum Gasteiger partial charge on any atom is 0.230 e. The van der Waals surface area contributed by atoms with Gasteiger partial charge in [0, 0.05) is 4.88 Å². The van der Waals surface area contributed by atoms with Crippen molar-refractivity contribution < 1.29 is 4.79 Å². The van der Waals surface area contributed by atoms with E-state index < -0.39 is 0 Å². The normalized spacial score (nSPS) is 12.3. The highest BCUT2D eigenvalue weighted by molar-refractivity contribution is 7.99. The minimum absolute atomic E-state index is 0.0234. The first-order valence-electron chi connectivity index (χ1n) is 5.28. The number of nitrogens with zero attached hydrogens (tertiary/aromatic N) is 2. The molecule has 0 spiro atoms. The van der Waals surface area contributed by atoms with Gasteiger partial charge in [0.05, 0.1) is 11.8 Å². The van der Waals surface area contributed by atoms with Crippen molar-refractivity contribution in [3.05, 3.63) is 22.4 Å². The quantitative estimate of drug-likeness (QED) is 0.721. The van der Waals surface area contributed by atoms with Crippen LogP contribution in [0.4, 0.5) is 5.95 Å². The lowest BCUT2D eigenvalue weighted by Crippen LogP contribution is -2.27. The molecule has 0 aromatic carbocycles. The third kappa shape index (κ3) is 3.47. The van der Waals surface area contributed by atoms with Gasteiger partial charge in [-0.1, -0.05) is 17.8 Å². The molecule has 1 amide bonds. The second-order valence-electron chi connectivity index (χ2n) is 3.60. The second-order valence-corrected chi connectivity index (χ2v) is 5.52. The molecule has 18 heavy (non-hydrogen) atoms. The zero-order valence-corrected chi connectivity index (χ0v) is 11.3. The predicted octanol–water partition coefficient (Wildman–Crippen LogP) is 1.42. The monoisotopic (exact) mass is 283 g/mol. The number of thiophene rings is 1. The van der Waals surface area contributed by atoms with Gasteiger partial charge in [0.1, 0.15) is 0 Å². The van der Waals surface area contributed by atoms with E-state index >= 15 is 0 Å². The Bertz CT molecular complexity index is 510. The van der Waals surface area contributed by atoms with Gasteiger partial charge in [0.15, 0.2) is 0 Å². The minimum atomic E-state index is -0.0516. The predicted molar refractivity (Wildman–Crippen MR) is 72.4 cm³/mol. The van der Waals surface area contributed by atoms with Crippen molar-refractivity contribution in [1.82, 2.24) is 20.5 Å². The summed E-state index contributed by atoms with van der Waals surface area (Å²) in [5.74, 6) is 0.474. The molecular weight excluding hydrogens is 270 g/mol. The molecule has 0 aliphatic carbocycles. The number of hydrogen-bond acceptors (Lipinski definition) is 6. The number of amides is 1. The molecule has 0 fully saturated rings. The summed E-state index contributed by atoms with van der Waals surface area (Å²) in [6.45, 7) is 1.96. The first-order chi connectivity index (χ1) is 8.65. The Morgan fingerprint density at radius 2 is 2.56 bits per heavy atom. The number of hydrogen-bond donors (Lipinski definition) is 3. The van der Waals surface area contributed by atoms with Gasteiger partial charge in [-0.25, -0.2) is 5.10 Å². The molecule has 6 nitrogen and oxygen atoms in total. The number of rotatable bonds is 5. The van der Waals surface area contributed by atoms with Crippen LogP contribution in [0.15, 0.2) is 22.7 Å². The maximum atomic E-state index is 11.7. The Hall–Kier alpha value is -1.54. The number of nitrogens with one attached hydrogen (secondary N) is 2. The van der Waals surface area contributed by atoms with Gasteiger partial charge in [0.2, 0.25) is 17.0 Å². The van der Waals surface area contributed by atoms with E-state index in [0.29, 0.717) is 5.16 Å². The molecule has 96 valence electrons. The van der Waals surface area contributed by atoms with Crippen molar-refractivity contribution in [2.24, 2.45) is 0 Å². The van der Waals surface area contributed by atoms with Crippen LogP contribution in [0.1, 0.15) is 17.8 Å². The van der Waals surface area contributed by atoms with E-state index in [1.54, 1.807) is 11.3 Å². The Morgan fingerprint density at radius 3 is 3.17 bits per heavy atom.